The number of rotatable bonds is 7. The third kappa shape index (κ3) is 4.47. The highest BCUT2D eigenvalue weighted by atomic mass is 16.2. The van der Waals surface area contributed by atoms with Crippen molar-refractivity contribution in [3.8, 4) is 11.1 Å². The Morgan fingerprint density at radius 2 is 1.60 bits per heavy atom. The molecule has 1 unspecified atom stereocenters. The molecule has 0 aliphatic heterocycles. The van der Waals surface area contributed by atoms with E-state index >= 15 is 0 Å². The van der Waals surface area contributed by atoms with Gasteiger partial charge in [0.15, 0.2) is 5.78 Å². The molecule has 0 bridgehead atoms. The lowest BCUT2D eigenvalue weighted by molar-refractivity contribution is 0.0847. The fraction of sp³-hybridized carbons (Fsp3) is 0.0870. The Kier molecular flexibility index (Phi) is 5.70. The maximum atomic E-state index is 13.0. The molecule has 0 saturated carbocycles. The van der Waals surface area contributed by atoms with Gasteiger partial charge < -0.3 is 9.88 Å². The number of carbonyl (C=O) groups is 2. The van der Waals surface area contributed by atoms with Gasteiger partial charge in [0.25, 0.3) is 5.91 Å². The van der Waals surface area contributed by atoms with Crippen LogP contribution in [-0.4, -0.2) is 37.3 Å². The minimum atomic E-state index is -0.726. The quantitative estimate of drug-likeness (QED) is 0.484. The van der Waals surface area contributed by atoms with Gasteiger partial charge in [-0.1, -0.05) is 42.5 Å². The molecule has 0 aliphatic rings. The standard InChI is InChI=1S/C23H19N5O2/c29-22(18-4-2-1-3-5-18)21(14-28-11-10-24-16-28)27-23(30)19-8-6-17(7-9-19)20-12-25-15-26-13-20/h1-13,15-16,21H,14H2,(H,27,30). The largest absolute Gasteiger partial charge is 0.340 e. The van der Waals surface area contributed by atoms with Gasteiger partial charge in [-0.05, 0) is 17.7 Å². The number of ketones is 1. The van der Waals surface area contributed by atoms with Crippen LogP contribution in [0.5, 0.6) is 0 Å². The summed E-state index contributed by atoms with van der Waals surface area (Å²) in [5, 5.41) is 2.87. The van der Waals surface area contributed by atoms with Crippen molar-refractivity contribution in [1.29, 1.82) is 0 Å². The topological polar surface area (TPSA) is 89.8 Å². The van der Waals surface area contributed by atoms with E-state index in [1.54, 1.807) is 72.1 Å². The van der Waals surface area contributed by atoms with Gasteiger partial charge in [0.2, 0.25) is 0 Å². The van der Waals surface area contributed by atoms with Crippen LogP contribution in [0.1, 0.15) is 20.7 Å². The molecular weight excluding hydrogens is 378 g/mol. The third-order valence-corrected chi connectivity index (χ3v) is 4.67. The molecule has 148 valence electrons. The number of amides is 1. The van der Waals surface area contributed by atoms with E-state index in [4.69, 9.17) is 0 Å². The highest BCUT2D eigenvalue weighted by molar-refractivity contribution is 6.04. The Morgan fingerprint density at radius 1 is 0.867 bits per heavy atom. The minimum Gasteiger partial charge on any atom is -0.340 e. The average Bonchev–Trinajstić information content (AvgIpc) is 3.32. The van der Waals surface area contributed by atoms with Gasteiger partial charge in [0, 0.05) is 41.5 Å². The summed E-state index contributed by atoms with van der Waals surface area (Å²) in [7, 11) is 0. The Bertz CT molecular complexity index is 1110. The molecule has 2 aromatic carbocycles. The van der Waals surface area contributed by atoms with Gasteiger partial charge in [-0.15, -0.1) is 0 Å². The molecule has 0 saturated heterocycles. The summed E-state index contributed by atoms with van der Waals surface area (Å²) in [5.41, 5.74) is 2.78. The zero-order valence-electron chi connectivity index (χ0n) is 16.1. The van der Waals surface area contributed by atoms with Gasteiger partial charge in [0.1, 0.15) is 12.4 Å². The van der Waals surface area contributed by atoms with E-state index in [-0.39, 0.29) is 11.7 Å². The second-order valence-electron chi connectivity index (χ2n) is 6.72. The maximum absolute atomic E-state index is 13.0. The Morgan fingerprint density at radius 3 is 2.27 bits per heavy atom. The normalized spacial score (nSPS) is 11.6. The Balaban J connectivity index is 1.53. The highest BCUT2D eigenvalue weighted by Crippen LogP contribution is 2.18. The third-order valence-electron chi connectivity index (χ3n) is 4.67. The number of benzene rings is 2. The number of imidazole rings is 1. The number of hydrogen-bond acceptors (Lipinski definition) is 5. The van der Waals surface area contributed by atoms with E-state index in [9.17, 15) is 9.59 Å². The Hall–Kier alpha value is -4.13. The number of nitrogens with zero attached hydrogens (tertiary/aromatic N) is 4. The smallest absolute Gasteiger partial charge is 0.251 e. The van der Waals surface area contributed by atoms with E-state index in [1.165, 1.54) is 6.33 Å². The van der Waals surface area contributed by atoms with Gasteiger partial charge in [-0.25, -0.2) is 15.0 Å². The van der Waals surface area contributed by atoms with Crippen molar-refractivity contribution in [3.63, 3.8) is 0 Å². The molecule has 7 heteroatoms. The molecule has 1 amide bonds. The second-order valence-corrected chi connectivity index (χ2v) is 6.72. The predicted molar refractivity (Wildman–Crippen MR) is 112 cm³/mol. The molecule has 0 spiro atoms. The van der Waals surface area contributed by atoms with Crippen LogP contribution >= 0.6 is 0 Å². The van der Waals surface area contributed by atoms with Crippen LogP contribution in [0.15, 0.2) is 92.0 Å². The molecule has 1 N–H and O–H groups in total. The molecule has 0 radical (unpaired) electrons. The van der Waals surface area contributed by atoms with Crippen LogP contribution in [0.4, 0.5) is 0 Å². The average molecular weight is 397 g/mol. The molecule has 2 heterocycles. The van der Waals surface area contributed by atoms with Crippen LogP contribution in [0, 0.1) is 0 Å². The van der Waals surface area contributed by atoms with Gasteiger partial charge in [-0.2, -0.15) is 0 Å². The molecule has 4 aromatic rings. The molecule has 30 heavy (non-hydrogen) atoms. The van der Waals surface area contributed by atoms with Gasteiger partial charge >= 0.3 is 0 Å². The lowest BCUT2D eigenvalue weighted by atomic mass is 10.0. The zero-order valence-corrected chi connectivity index (χ0v) is 16.1. The number of hydrogen-bond donors (Lipinski definition) is 1. The molecule has 7 nitrogen and oxygen atoms in total. The number of aromatic nitrogens is 4. The van der Waals surface area contributed by atoms with Gasteiger partial charge in [-0.3, -0.25) is 9.59 Å². The fourth-order valence-electron chi connectivity index (χ4n) is 3.11. The van der Waals surface area contributed by atoms with Gasteiger partial charge in [0.05, 0.1) is 12.9 Å². The van der Waals surface area contributed by atoms with E-state index in [0.717, 1.165) is 11.1 Å². The molecule has 0 fully saturated rings. The minimum absolute atomic E-state index is 0.157. The summed E-state index contributed by atoms with van der Waals surface area (Å²) in [6, 6.07) is 15.3. The summed E-state index contributed by atoms with van der Waals surface area (Å²) in [6.07, 6.45) is 9.90. The van der Waals surface area contributed by atoms with E-state index in [0.29, 0.717) is 17.7 Å². The first-order chi connectivity index (χ1) is 14.7. The molecule has 2 aromatic heterocycles. The Labute approximate surface area is 173 Å². The number of Topliss-reactive ketones (excluding diaryl/α,β-unsaturated/α-hetero) is 1. The van der Waals surface area contributed by atoms with E-state index < -0.39 is 6.04 Å². The van der Waals surface area contributed by atoms with Crippen molar-refractivity contribution in [2.75, 3.05) is 0 Å². The fourth-order valence-corrected chi connectivity index (χ4v) is 3.11. The van der Waals surface area contributed by atoms with E-state index in [2.05, 4.69) is 20.3 Å². The summed E-state index contributed by atoms with van der Waals surface area (Å²) >= 11 is 0. The number of nitrogens with one attached hydrogen (secondary N) is 1. The predicted octanol–water partition coefficient (Wildman–Crippen LogP) is 3.02. The lowest BCUT2D eigenvalue weighted by Gasteiger charge is -2.18. The molecule has 1 atom stereocenters. The molecule has 0 aliphatic carbocycles. The molecule has 4 rings (SSSR count). The van der Waals surface area contributed by atoms with Crippen LogP contribution < -0.4 is 5.32 Å². The van der Waals surface area contributed by atoms with Crippen LogP contribution in [0.3, 0.4) is 0 Å². The van der Waals surface area contributed by atoms with Crippen LogP contribution in [0.25, 0.3) is 11.1 Å². The maximum Gasteiger partial charge on any atom is 0.251 e. The van der Waals surface area contributed by atoms with Crippen molar-refractivity contribution in [2.24, 2.45) is 0 Å². The van der Waals surface area contributed by atoms with Crippen LogP contribution in [0.2, 0.25) is 0 Å². The lowest BCUT2D eigenvalue weighted by Crippen LogP contribution is -2.43. The SMILES string of the molecule is O=C(NC(Cn1ccnc1)C(=O)c1ccccc1)c1ccc(-c2cncnc2)cc1. The first-order valence-corrected chi connectivity index (χ1v) is 9.42. The van der Waals surface area contributed by atoms with Crippen LogP contribution in [-0.2, 0) is 6.54 Å². The summed E-state index contributed by atoms with van der Waals surface area (Å²) in [4.78, 5) is 37.9. The van der Waals surface area contributed by atoms with Crippen molar-refractivity contribution in [3.05, 3.63) is 103 Å². The summed E-state index contributed by atoms with van der Waals surface area (Å²) < 4.78 is 1.77. The molecular formula is C23H19N5O2. The van der Waals surface area contributed by atoms with E-state index in [1.807, 2.05) is 18.2 Å². The first-order valence-electron chi connectivity index (χ1n) is 9.42. The second kappa shape index (κ2) is 8.91. The van der Waals surface area contributed by atoms with Crippen molar-refractivity contribution < 1.29 is 9.59 Å². The summed E-state index contributed by atoms with van der Waals surface area (Å²) in [6.45, 7) is 0.291. The zero-order chi connectivity index (χ0) is 20.8. The summed E-state index contributed by atoms with van der Waals surface area (Å²) in [5.74, 6) is -0.476. The number of carbonyl (C=O) groups excluding carboxylic acids is 2. The highest BCUT2D eigenvalue weighted by Gasteiger charge is 2.23. The monoisotopic (exact) mass is 397 g/mol. The first kappa shape index (κ1) is 19.2. The van der Waals surface area contributed by atoms with Crippen molar-refractivity contribution in [1.82, 2.24) is 24.8 Å². The van der Waals surface area contributed by atoms with Crippen molar-refractivity contribution >= 4 is 11.7 Å². The van der Waals surface area contributed by atoms with Crippen molar-refractivity contribution in [2.45, 2.75) is 12.6 Å².